The molecule has 3 amide bonds. The first kappa shape index (κ1) is 20.3. The molecule has 1 unspecified atom stereocenters. The maximum atomic E-state index is 13.0. The van der Waals surface area contributed by atoms with Gasteiger partial charge in [-0.25, -0.2) is 14.8 Å². The summed E-state index contributed by atoms with van der Waals surface area (Å²) in [7, 11) is 0. The summed E-state index contributed by atoms with van der Waals surface area (Å²) >= 11 is 0. The van der Waals surface area contributed by atoms with Crippen molar-refractivity contribution >= 4 is 23.9 Å². The lowest BCUT2D eigenvalue weighted by Gasteiger charge is -2.37. The van der Waals surface area contributed by atoms with E-state index in [1.165, 1.54) is 0 Å². The second-order valence-electron chi connectivity index (χ2n) is 6.84. The number of hydrogen-bond acceptors (Lipinski definition) is 5. The van der Waals surface area contributed by atoms with E-state index >= 15 is 0 Å². The van der Waals surface area contributed by atoms with Gasteiger partial charge in [0.1, 0.15) is 11.5 Å². The molecular formula is C21H26N6O2. The molecule has 2 heterocycles. The van der Waals surface area contributed by atoms with Crippen molar-refractivity contribution in [1.29, 1.82) is 0 Å². The van der Waals surface area contributed by atoms with Gasteiger partial charge in [0.15, 0.2) is 0 Å². The molecule has 1 fully saturated rings. The number of nitrogens with zero attached hydrogens (tertiary/aromatic N) is 5. The second-order valence-corrected chi connectivity index (χ2v) is 6.84. The monoisotopic (exact) mass is 394 g/mol. The van der Waals surface area contributed by atoms with Gasteiger partial charge in [0.2, 0.25) is 0 Å². The third kappa shape index (κ3) is 4.71. The van der Waals surface area contributed by atoms with Gasteiger partial charge >= 0.3 is 6.03 Å². The summed E-state index contributed by atoms with van der Waals surface area (Å²) in [6.07, 6.45) is 5.76. The molecule has 1 aromatic carbocycles. The maximum Gasteiger partial charge on any atom is 0.341 e. The lowest BCUT2D eigenvalue weighted by molar-refractivity contribution is -0.111. The van der Waals surface area contributed by atoms with Crippen molar-refractivity contribution in [2.45, 2.75) is 19.4 Å². The van der Waals surface area contributed by atoms with Crippen molar-refractivity contribution in [3.63, 3.8) is 0 Å². The number of carbonyl (C=O) groups excluding carboxylic acids is 2. The summed E-state index contributed by atoms with van der Waals surface area (Å²) in [5.74, 6) is -0.137. The van der Waals surface area contributed by atoms with Crippen molar-refractivity contribution in [3.8, 4) is 0 Å². The van der Waals surface area contributed by atoms with Crippen LogP contribution >= 0.6 is 0 Å². The summed E-state index contributed by atoms with van der Waals surface area (Å²) in [5.41, 5.74) is 6.57. The largest absolute Gasteiger partial charge is 0.364 e. The van der Waals surface area contributed by atoms with Crippen molar-refractivity contribution in [2.24, 2.45) is 15.8 Å². The average molecular weight is 394 g/mol. The van der Waals surface area contributed by atoms with Crippen LogP contribution < -0.4 is 5.73 Å². The number of aliphatic imine (C=N–C) groups is 1. The van der Waals surface area contributed by atoms with E-state index in [0.29, 0.717) is 38.4 Å². The Morgan fingerprint density at radius 1 is 1.17 bits per heavy atom. The minimum atomic E-state index is -0.600. The van der Waals surface area contributed by atoms with Crippen molar-refractivity contribution in [1.82, 2.24) is 14.8 Å². The quantitative estimate of drug-likeness (QED) is 0.775. The molecule has 152 valence electrons. The number of allylic oxidation sites excluding steroid dienone is 1. The molecule has 0 spiro atoms. The predicted molar refractivity (Wildman–Crippen MR) is 113 cm³/mol. The van der Waals surface area contributed by atoms with Crippen LogP contribution in [0.4, 0.5) is 4.79 Å². The number of piperazine rings is 1. The van der Waals surface area contributed by atoms with Crippen molar-refractivity contribution in [3.05, 3.63) is 60.4 Å². The van der Waals surface area contributed by atoms with E-state index in [9.17, 15) is 9.59 Å². The normalized spacial score (nSPS) is 19.8. The molecule has 0 aromatic heterocycles. The van der Waals surface area contributed by atoms with Gasteiger partial charge < -0.3 is 15.5 Å². The Kier molecular flexibility index (Phi) is 6.43. The molecule has 0 saturated carbocycles. The fourth-order valence-corrected chi connectivity index (χ4v) is 3.39. The highest BCUT2D eigenvalue weighted by molar-refractivity contribution is 6.43. The molecule has 0 bridgehead atoms. The van der Waals surface area contributed by atoms with E-state index in [1.807, 2.05) is 35.2 Å². The smallest absolute Gasteiger partial charge is 0.341 e. The van der Waals surface area contributed by atoms with Crippen molar-refractivity contribution in [2.75, 3.05) is 26.2 Å². The van der Waals surface area contributed by atoms with Gasteiger partial charge in [-0.2, -0.15) is 5.10 Å². The third-order valence-electron chi connectivity index (χ3n) is 4.95. The molecule has 8 nitrogen and oxygen atoms in total. The van der Waals surface area contributed by atoms with Gasteiger partial charge in [0, 0.05) is 38.8 Å². The van der Waals surface area contributed by atoms with Crippen LogP contribution in [0.2, 0.25) is 0 Å². The van der Waals surface area contributed by atoms with Gasteiger partial charge in [-0.05, 0) is 18.6 Å². The standard InChI is InChI=1S/C21H26N6O2/c1-3-7-18(20(22)28)24-16(2)25-12-14-26(15-13-25)21(29)27-19(10-11-23-27)17-8-5-4-6-9-17/h3-9,11,19H,2,10,12-15H2,1H3,(H2,22,28)/b7-3-,24-18+. The summed E-state index contributed by atoms with van der Waals surface area (Å²) in [5, 5.41) is 5.87. The molecule has 1 saturated heterocycles. The van der Waals surface area contributed by atoms with E-state index < -0.39 is 5.91 Å². The molecule has 0 radical (unpaired) electrons. The molecular weight excluding hydrogens is 368 g/mol. The van der Waals surface area contributed by atoms with E-state index in [0.717, 1.165) is 5.56 Å². The molecule has 2 N–H and O–H groups in total. The lowest BCUT2D eigenvalue weighted by Crippen LogP contribution is -2.51. The Hall–Kier alpha value is -3.42. The van der Waals surface area contributed by atoms with Crippen LogP contribution in [-0.2, 0) is 4.79 Å². The lowest BCUT2D eigenvalue weighted by atomic mass is 10.1. The zero-order chi connectivity index (χ0) is 20.8. The fourth-order valence-electron chi connectivity index (χ4n) is 3.39. The van der Waals surface area contributed by atoms with Crippen LogP contribution in [0.25, 0.3) is 0 Å². The molecule has 8 heteroatoms. The Bertz CT molecular complexity index is 853. The Morgan fingerprint density at radius 3 is 2.45 bits per heavy atom. The van der Waals surface area contributed by atoms with Gasteiger partial charge in [-0.15, -0.1) is 0 Å². The number of hydrogen-bond donors (Lipinski definition) is 1. The number of primary amides is 1. The van der Waals surface area contributed by atoms with E-state index in [2.05, 4.69) is 16.7 Å². The minimum Gasteiger partial charge on any atom is -0.364 e. The van der Waals surface area contributed by atoms with Crippen LogP contribution in [0, 0.1) is 0 Å². The maximum absolute atomic E-state index is 13.0. The highest BCUT2D eigenvalue weighted by Crippen LogP contribution is 2.29. The molecule has 3 rings (SSSR count). The first-order valence-electron chi connectivity index (χ1n) is 9.62. The number of rotatable bonds is 5. The number of nitrogens with two attached hydrogens (primary N) is 1. The predicted octanol–water partition coefficient (Wildman–Crippen LogP) is 2.13. The van der Waals surface area contributed by atoms with Crippen LogP contribution in [-0.4, -0.2) is 64.9 Å². The number of amides is 3. The zero-order valence-corrected chi connectivity index (χ0v) is 16.6. The number of urea groups is 1. The summed E-state index contributed by atoms with van der Waals surface area (Å²) < 4.78 is 0. The van der Waals surface area contributed by atoms with Crippen LogP contribution in [0.3, 0.4) is 0 Å². The SMILES string of the molecule is C=C(/N=C(\C=C/C)C(N)=O)N1CCN(C(=O)N2N=CCC2c2ccccc2)CC1. The fraction of sp³-hybridized carbons (Fsp3) is 0.333. The topological polar surface area (TPSA) is 94.6 Å². The highest BCUT2D eigenvalue weighted by Gasteiger charge is 2.33. The minimum absolute atomic E-state index is 0.0692. The van der Waals surface area contributed by atoms with E-state index in [1.54, 1.807) is 35.2 Å². The third-order valence-corrected chi connectivity index (χ3v) is 4.95. The van der Waals surface area contributed by atoms with Crippen LogP contribution in [0.15, 0.2) is 65.0 Å². The zero-order valence-electron chi connectivity index (χ0n) is 16.6. The summed E-state index contributed by atoms with van der Waals surface area (Å²) in [4.78, 5) is 32.4. The second kappa shape index (κ2) is 9.18. The molecule has 1 atom stereocenters. The number of benzene rings is 1. The average Bonchev–Trinajstić information content (AvgIpc) is 3.23. The van der Waals surface area contributed by atoms with Crippen LogP contribution in [0.5, 0.6) is 0 Å². The number of hydrazone groups is 1. The Morgan fingerprint density at radius 2 is 1.83 bits per heavy atom. The number of carbonyl (C=O) groups is 2. The van der Waals surface area contributed by atoms with Gasteiger partial charge in [0.25, 0.3) is 5.91 Å². The van der Waals surface area contributed by atoms with Crippen molar-refractivity contribution < 1.29 is 9.59 Å². The van der Waals surface area contributed by atoms with Crippen LogP contribution in [0.1, 0.15) is 24.9 Å². The highest BCUT2D eigenvalue weighted by atomic mass is 16.2. The summed E-state index contributed by atoms with van der Waals surface area (Å²) in [6, 6.07) is 9.75. The first-order chi connectivity index (χ1) is 14.0. The molecule has 2 aliphatic rings. The van der Waals surface area contributed by atoms with Gasteiger partial charge in [-0.1, -0.05) is 43.0 Å². The molecule has 1 aromatic rings. The molecule has 0 aliphatic carbocycles. The van der Waals surface area contributed by atoms with E-state index in [-0.39, 0.29) is 17.8 Å². The molecule has 2 aliphatic heterocycles. The van der Waals surface area contributed by atoms with E-state index in [4.69, 9.17) is 5.73 Å². The Labute approximate surface area is 170 Å². The first-order valence-corrected chi connectivity index (χ1v) is 9.62. The Balaban J connectivity index is 1.61. The van der Waals surface area contributed by atoms with Gasteiger partial charge in [0.05, 0.1) is 6.04 Å². The molecule has 29 heavy (non-hydrogen) atoms. The summed E-state index contributed by atoms with van der Waals surface area (Å²) in [6.45, 7) is 7.92. The van der Waals surface area contributed by atoms with Gasteiger partial charge in [-0.3, -0.25) is 4.79 Å².